The monoisotopic (exact) mass is 423 g/mol. The molecule has 2 nitrogen and oxygen atoms in total. The van der Waals surface area contributed by atoms with Gasteiger partial charge in [-0.25, -0.2) is 0 Å². The summed E-state index contributed by atoms with van der Waals surface area (Å²) in [6.07, 6.45) is 32.2. The largest absolute Gasteiger partial charge is 0.356 e. The summed E-state index contributed by atoms with van der Waals surface area (Å²) in [7, 11) is 0. The van der Waals surface area contributed by atoms with Crippen LogP contribution in [0, 0.1) is 0 Å². The van der Waals surface area contributed by atoms with E-state index >= 15 is 0 Å². The molecule has 0 bridgehead atoms. The molecule has 0 aromatic rings. The third-order valence-corrected chi connectivity index (χ3v) is 6.36. The summed E-state index contributed by atoms with van der Waals surface area (Å²) >= 11 is 0. The van der Waals surface area contributed by atoms with Gasteiger partial charge in [0, 0.05) is 13.0 Å². The molecule has 0 aliphatic heterocycles. The van der Waals surface area contributed by atoms with E-state index in [1.807, 2.05) is 0 Å². The molecular formula is C28H57NO. The molecule has 2 heteroatoms. The van der Waals surface area contributed by atoms with E-state index in [0.29, 0.717) is 0 Å². The molecule has 180 valence electrons. The van der Waals surface area contributed by atoms with Crippen LogP contribution in [0.2, 0.25) is 0 Å². The van der Waals surface area contributed by atoms with E-state index in [9.17, 15) is 4.79 Å². The molecule has 0 saturated heterocycles. The van der Waals surface area contributed by atoms with E-state index in [2.05, 4.69) is 19.2 Å². The number of rotatable bonds is 25. The second-order valence-electron chi connectivity index (χ2n) is 9.52. The van der Waals surface area contributed by atoms with Gasteiger partial charge in [0.1, 0.15) is 0 Å². The lowest BCUT2D eigenvalue weighted by Gasteiger charge is -2.05. The number of hydrogen-bond acceptors (Lipinski definition) is 1. The van der Waals surface area contributed by atoms with Crippen LogP contribution in [0.25, 0.3) is 0 Å². The van der Waals surface area contributed by atoms with Gasteiger partial charge in [-0.2, -0.15) is 0 Å². The number of amides is 1. The minimum Gasteiger partial charge on any atom is -0.356 e. The maximum Gasteiger partial charge on any atom is 0.219 e. The van der Waals surface area contributed by atoms with Crippen LogP contribution in [0.4, 0.5) is 0 Å². The zero-order valence-electron chi connectivity index (χ0n) is 21.1. The predicted octanol–water partition coefficient (Wildman–Crippen LogP) is 9.50. The molecule has 0 unspecified atom stereocenters. The number of carbonyl (C=O) groups is 1. The van der Waals surface area contributed by atoms with Crippen LogP contribution in [0.15, 0.2) is 0 Å². The molecule has 0 rings (SSSR count). The minimum absolute atomic E-state index is 0.262. The molecule has 1 N–H and O–H groups in total. The van der Waals surface area contributed by atoms with Crippen molar-refractivity contribution in [3.05, 3.63) is 0 Å². The average molecular weight is 424 g/mol. The van der Waals surface area contributed by atoms with E-state index in [1.165, 1.54) is 135 Å². The highest BCUT2D eigenvalue weighted by atomic mass is 16.1. The third kappa shape index (κ3) is 25.5. The number of nitrogens with one attached hydrogen (secondary N) is 1. The van der Waals surface area contributed by atoms with Gasteiger partial charge >= 0.3 is 0 Å². The van der Waals surface area contributed by atoms with Gasteiger partial charge in [-0.05, 0) is 12.8 Å². The first-order valence-electron chi connectivity index (χ1n) is 14.1. The first kappa shape index (κ1) is 29.5. The molecule has 0 fully saturated rings. The van der Waals surface area contributed by atoms with E-state index in [-0.39, 0.29) is 5.91 Å². The third-order valence-electron chi connectivity index (χ3n) is 6.36. The second kappa shape index (κ2) is 26.5. The fourth-order valence-electron chi connectivity index (χ4n) is 4.23. The van der Waals surface area contributed by atoms with Crippen LogP contribution in [-0.2, 0) is 4.79 Å². The van der Waals surface area contributed by atoms with Gasteiger partial charge in [0.15, 0.2) is 0 Å². The van der Waals surface area contributed by atoms with Gasteiger partial charge in [-0.3, -0.25) is 4.79 Å². The van der Waals surface area contributed by atoms with Crippen molar-refractivity contribution in [1.29, 1.82) is 0 Å². The molecule has 0 spiro atoms. The quantitative estimate of drug-likeness (QED) is 0.145. The Bertz CT molecular complexity index is 329. The highest BCUT2D eigenvalue weighted by molar-refractivity contribution is 5.75. The summed E-state index contributed by atoms with van der Waals surface area (Å²) < 4.78 is 0. The van der Waals surface area contributed by atoms with Crippen molar-refractivity contribution in [3.8, 4) is 0 Å². The van der Waals surface area contributed by atoms with Gasteiger partial charge in [-0.15, -0.1) is 0 Å². The fourth-order valence-corrected chi connectivity index (χ4v) is 4.23. The molecule has 0 aromatic heterocycles. The van der Waals surface area contributed by atoms with E-state index in [0.717, 1.165) is 25.8 Å². The molecule has 0 atom stereocenters. The molecular weight excluding hydrogens is 366 g/mol. The van der Waals surface area contributed by atoms with Crippen LogP contribution in [0.1, 0.15) is 168 Å². The summed E-state index contributed by atoms with van der Waals surface area (Å²) in [5, 5.41) is 3.06. The first-order valence-corrected chi connectivity index (χ1v) is 14.1. The topological polar surface area (TPSA) is 29.1 Å². The van der Waals surface area contributed by atoms with Crippen LogP contribution < -0.4 is 5.32 Å². The Hall–Kier alpha value is -0.530. The Morgan fingerprint density at radius 1 is 0.433 bits per heavy atom. The van der Waals surface area contributed by atoms with Crippen LogP contribution >= 0.6 is 0 Å². The predicted molar refractivity (Wildman–Crippen MR) is 135 cm³/mol. The number of unbranched alkanes of at least 4 members (excludes halogenated alkanes) is 21. The molecule has 0 saturated carbocycles. The van der Waals surface area contributed by atoms with Gasteiger partial charge in [0.05, 0.1) is 0 Å². The zero-order chi connectivity index (χ0) is 22.0. The summed E-state index contributed by atoms with van der Waals surface area (Å²) in [5.74, 6) is 0.262. The van der Waals surface area contributed by atoms with Crippen molar-refractivity contribution in [2.75, 3.05) is 6.54 Å². The van der Waals surface area contributed by atoms with Gasteiger partial charge in [0.25, 0.3) is 0 Å². The lowest BCUT2D eigenvalue weighted by molar-refractivity contribution is -0.121. The molecule has 0 aromatic carbocycles. The van der Waals surface area contributed by atoms with Crippen LogP contribution in [-0.4, -0.2) is 12.5 Å². The smallest absolute Gasteiger partial charge is 0.219 e. The van der Waals surface area contributed by atoms with Crippen molar-refractivity contribution < 1.29 is 4.79 Å². The van der Waals surface area contributed by atoms with Crippen molar-refractivity contribution >= 4 is 5.91 Å². The van der Waals surface area contributed by atoms with Gasteiger partial charge in [0.2, 0.25) is 5.91 Å². The lowest BCUT2D eigenvalue weighted by Crippen LogP contribution is -2.23. The summed E-state index contributed by atoms with van der Waals surface area (Å²) in [6.45, 7) is 5.39. The SMILES string of the molecule is CCCCCCCCCCCCCCCCCCCCCC(=O)NCCCCCC. The number of carbonyl (C=O) groups excluding carboxylic acids is 1. The Balaban J connectivity index is 3.08. The van der Waals surface area contributed by atoms with Crippen molar-refractivity contribution in [1.82, 2.24) is 5.32 Å². The Labute approximate surface area is 190 Å². The Morgan fingerprint density at radius 3 is 1.10 bits per heavy atom. The fraction of sp³-hybridized carbons (Fsp3) is 0.964. The van der Waals surface area contributed by atoms with Crippen LogP contribution in [0.5, 0.6) is 0 Å². The van der Waals surface area contributed by atoms with Crippen LogP contribution in [0.3, 0.4) is 0 Å². The molecule has 0 radical (unpaired) electrons. The normalized spacial score (nSPS) is 11.1. The maximum absolute atomic E-state index is 11.7. The molecule has 1 amide bonds. The lowest BCUT2D eigenvalue weighted by atomic mass is 10.0. The van der Waals surface area contributed by atoms with E-state index in [4.69, 9.17) is 0 Å². The average Bonchev–Trinajstić information content (AvgIpc) is 2.75. The van der Waals surface area contributed by atoms with Crippen molar-refractivity contribution in [3.63, 3.8) is 0 Å². The molecule has 30 heavy (non-hydrogen) atoms. The Kier molecular flexibility index (Phi) is 26.0. The highest BCUT2D eigenvalue weighted by Crippen LogP contribution is 2.14. The summed E-state index contributed by atoms with van der Waals surface area (Å²) in [4.78, 5) is 11.7. The zero-order valence-corrected chi connectivity index (χ0v) is 21.1. The minimum atomic E-state index is 0.262. The van der Waals surface area contributed by atoms with Crippen molar-refractivity contribution in [2.24, 2.45) is 0 Å². The molecule has 0 aliphatic rings. The van der Waals surface area contributed by atoms with Crippen molar-refractivity contribution in [2.45, 2.75) is 168 Å². The first-order chi connectivity index (χ1) is 14.8. The standard InChI is InChI=1S/C28H57NO/c1-3-5-7-9-10-11-12-13-14-15-16-17-18-19-20-21-22-23-24-26-28(30)29-27-25-8-6-4-2/h3-27H2,1-2H3,(H,29,30). The maximum atomic E-state index is 11.7. The summed E-state index contributed by atoms with van der Waals surface area (Å²) in [6, 6.07) is 0. The molecule has 0 heterocycles. The van der Waals surface area contributed by atoms with Gasteiger partial charge in [-0.1, -0.05) is 149 Å². The molecule has 0 aliphatic carbocycles. The van der Waals surface area contributed by atoms with E-state index < -0.39 is 0 Å². The summed E-state index contributed by atoms with van der Waals surface area (Å²) in [5.41, 5.74) is 0. The highest BCUT2D eigenvalue weighted by Gasteiger charge is 2.00. The second-order valence-corrected chi connectivity index (χ2v) is 9.52. The Morgan fingerprint density at radius 2 is 0.733 bits per heavy atom. The van der Waals surface area contributed by atoms with E-state index in [1.54, 1.807) is 0 Å². The van der Waals surface area contributed by atoms with Gasteiger partial charge < -0.3 is 5.32 Å². The number of hydrogen-bond donors (Lipinski definition) is 1.